The van der Waals surface area contributed by atoms with Crippen molar-refractivity contribution in [3.8, 4) is 11.3 Å². The first-order chi connectivity index (χ1) is 16.4. The van der Waals surface area contributed by atoms with Gasteiger partial charge in [0.2, 0.25) is 0 Å². The Morgan fingerprint density at radius 2 is 1.68 bits per heavy atom. The summed E-state index contributed by atoms with van der Waals surface area (Å²) in [6.07, 6.45) is 2.21. The zero-order valence-electron chi connectivity index (χ0n) is 19.6. The highest BCUT2D eigenvalue weighted by Gasteiger charge is 2.27. The lowest BCUT2D eigenvalue weighted by molar-refractivity contribution is -0.127. The van der Waals surface area contributed by atoms with Gasteiger partial charge in [0.1, 0.15) is 5.76 Å². The van der Waals surface area contributed by atoms with Crippen molar-refractivity contribution in [3.05, 3.63) is 47.7 Å². The minimum absolute atomic E-state index is 0.191. The van der Waals surface area contributed by atoms with Crippen molar-refractivity contribution in [1.29, 1.82) is 0 Å². The zero-order chi connectivity index (χ0) is 24.0. The van der Waals surface area contributed by atoms with Crippen molar-refractivity contribution in [2.45, 2.75) is 57.2 Å². The monoisotopic (exact) mass is 477 g/mol. The summed E-state index contributed by atoms with van der Waals surface area (Å²) in [6.45, 7) is 6.31. The highest BCUT2D eigenvalue weighted by molar-refractivity contribution is 5.92. The molecule has 2 aliphatic heterocycles. The predicted octanol–water partition coefficient (Wildman–Crippen LogP) is 5.12. The number of hydrogen-bond acceptors (Lipinski definition) is 4. The van der Waals surface area contributed by atoms with E-state index in [1.54, 1.807) is 24.3 Å². The van der Waals surface area contributed by atoms with Crippen molar-refractivity contribution < 1.29 is 22.4 Å². The van der Waals surface area contributed by atoms with E-state index in [1.165, 1.54) is 57.3 Å². The number of halogens is 3. The van der Waals surface area contributed by atoms with Crippen molar-refractivity contribution in [3.63, 3.8) is 0 Å². The summed E-state index contributed by atoms with van der Waals surface area (Å²) in [5.41, 5.74) is 0.828. The molecular weight excluding hydrogens is 443 g/mol. The van der Waals surface area contributed by atoms with E-state index in [4.69, 9.17) is 4.42 Å². The van der Waals surface area contributed by atoms with Crippen LogP contribution in [0.2, 0.25) is 0 Å². The molecule has 1 amide bonds. The van der Waals surface area contributed by atoms with Crippen molar-refractivity contribution >= 4 is 5.91 Å². The molecule has 2 aliphatic rings. The first kappa shape index (κ1) is 24.8. The quantitative estimate of drug-likeness (QED) is 0.536. The Balaban J connectivity index is 1.16. The summed E-state index contributed by atoms with van der Waals surface area (Å²) in [6, 6.07) is 10.0. The van der Waals surface area contributed by atoms with Crippen LogP contribution in [0.4, 0.5) is 13.2 Å². The van der Waals surface area contributed by atoms with Gasteiger partial charge in [-0.15, -0.1) is 0 Å². The molecule has 0 radical (unpaired) electrons. The Hall–Kier alpha value is -2.32. The Kier molecular flexibility index (Phi) is 8.32. The molecule has 0 bridgehead atoms. The van der Waals surface area contributed by atoms with Crippen molar-refractivity contribution in [1.82, 2.24) is 15.1 Å². The van der Waals surface area contributed by atoms with Crippen LogP contribution in [-0.2, 0) is 6.42 Å². The van der Waals surface area contributed by atoms with Crippen LogP contribution in [0.25, 0.3) is 11.3 Å². The molecule has 0 unspecified atom stereocenters. The normalized spacial score (nSPS) is 18.8. The third-order valence-electron chi connectivity index (χ3n) is 6.87. The first-order valence-corrected chi connectivity index (χ1v) is 12.4. The molecule has 1 N–H and O–H groups in total. The number of likely N-dealkylation sites (tertiary alicyclic amines) is 2. The molecule has 2 fully saturated rings. The van der Waals surface area contributed by atoms with Gasteiger partial charge in [-0.25, -0.2) is 0 Å². The molecule has 0 atom stereocenters. The van der Waals surface area contributed by atoms with E-state index < -0.39 is 12.6 Å². The Morgan fingerprint density at radius 1 is 0.971 bits per heavy atom. The van der Waals surface area contributed by atoms with Gasteiger partial charge < -0.3 is 19.5 Å². The fourth-order valence-electron chi connectivity index (χ4n) is 5.02. The summed E-state index contributed by atoms with van der Waals surface area (Å²) in [4.78, 5) is 17.6. The molecule has 186 valence electrons. The molecule has 4 rings (SSSR count). The van der Waals surface area contributed by atoms with Gasteiger partial charge in [-0.05, 0) is 82.5 Å². The van der Waals surface area contributed by atoms with Gasteiger partial charge in [0.15, 0.2) is 5.76 Å². The largest absolute Gasteiger partial charge is 0.451 e. The van der Waals surface area contributed by atoms with Gasteiger partial charge >= 0.3 is 6.18 Å². The summed E-state index contributed by atoms with van der Waals surface area (Å²) in [5.74, 6) is 0.390. The molecule has 5 nitrogen and oxygen atoms in total. The number of rotatable bonds is 8. The lowest BCUT2D eigenvalue weighted by Crippen LogP contribution is -2.47. The molecule has 1 aromatic heterocycles. The highest BCUT2D eigenvalue weighted by Crippen LogP contribution is 2.26. The molecular formula is C26H34F3N3O2. The van der Waals surface area contributed by atoms with E-state index in [-0.39, 0.29) is 17.2 Å². The van der Waals surface area contributed by atoms with Gasteiger partial charge in [-0.2, -0.15) is 13.2 Å². The molecule has 3 heterocycles. The lowest BCUT2D eigenvalue weighted by atomic mass is 10.00. The molecule has 2 aromatic rings. The number of carbonyl (C=O) groups excluding carboxylic acids is 1. The fraction of sp³-hybridized carbons (Fsp3) is 0.577. The number of furan rings is 1. The zero-order valence-corrected chi connectivity index (χ0v) is 19.6. The minimum atomic E-state index is -4.24. The number of benzene rings is 1. The van der Waals surface area contributed by atoms with Crippen molar-refractivity contribution in [2.24, 2.45) is 0 Å². The number of piperidine rings is 2. The summed E-state index contributed by atoms with van der Waals surface area (Å²) >= 11 is 0. The molecule has 0 spiro atoms. The molecule has 8 heteroatoms. The number of nitrogens with zero attached hydrogens (tertiary/aromatic N) is 2. The van der Waals surface area contributed by atoms with Crippen LogP contribution >= 0.6 is 0 Å². The average Bonchev–Trinajstić information content (AvgIpc) is 3.33. The lowest BCUT2D eigenvalue weighted by Gasteiger charge is -2.40. The average molecular weight is 478 g/mol. The highest BCUT2D eigenvalue weighted by atomic mass is 19.4. The third-order valence-corrected chi connectivity index (χ3v) is 6.87. The maximum atomic E-state index is 12.5. The number of nitrogens with one attached hydrogen (secondary N) is 1. The topological polar surface area (TPSA) is 48.7 Å². The number of amides is 1. The Morgan fingerprint density at radius 3 is 2.35 bits per heavy atom. The molecule has 2 saturated heterocycles. The number of hydrogen-bond donors (Lipinski definition) is 1. The maximum absolute atomic E-state index is 12.5. The van der Waals surface area contributed by atoms with Crippen LogP contribution in [0.3, 0.4) is 0 Å². The van der Waals surface area contributed by atoms with Crippen molar-refractivity contribution in [2.75, 3.05) is 39.3 Å². The number of alkyl halides is 3. The van der Waals surface area contributed by atoms with Gasteiger partial charge in [-0.1, -0.05) is 30.7 Å². The molecule has 0 saturated carbocycles. The summed E-state index contributed by atoms with van der Waals surface area (Å²) in [5, 5.41) is 2.91. The minimum Gasteiger partial charge on any atom is -0.451 e. The maximum Gasteiger partial charge on any atom is 0.393 e. The summed E-state index contributed by atoms with van der Waals surface area (Å²) < 4.78 is 43.2. The third kappa shape index (κ3) is 7.09. The van der Waals surface area contributed by atoms with Crippen LogP contribution in [-0.4, -0.2) is 67.2 Å². The second-order valence-electron chi connectivity index (χ2n) is 9.43. The van der Waals surface area contributed by atoms with Gasteiger partial charge in [0.25, 0.3) is 5.91 Å². The van der Waals surface area contributed by atoms with Gasteiger partial charge in [0.05, 0.1) is 6.42 Å². The predicted molar refractivity (Wildman–Crippen MR) is 126 cm³/mol. The van der Waals surface area contributed by atoms with Crippen LogP contribution in [0.15, 0.2) is 40.8 Å². The van der Waals surface area contributed by atoms with Crippen LogP contribution in [0.1, 0.15) is 54.6 Å². The second kappa shape index (κ2) is 11.4. The first-order valence-electron chi connectivity index (χ1n) is 12.4. The van der Waals surface area contributed by atoms with E-state index >= 15 is 0 Å². The van der Waals surface area contributed by atoms with Crippen LogP contribution in [0.5, 0.6) is 0 Å². The standard InChI is InChI=1S/C26H34F3N3O2/c27-26(28,29)19-20-5-7-21(8-6-20)23-9-10-24(34-23)25(33)30-13-4-14-31-17-11-22(12-18-31)32-15-2-1-3-16-32/h5-10,22H,1-4,11-19H2,(H,30,33). The van der Waals surface area contributed by atoms with E-state index in [9.17, 15) is 18.0 Å². The smallest absolute Gasteiger partial charge is 0.393 e. The van der Waals surface area contributed by atoms with E-state index in [1.807, 2.05) is 0 Å². The molecule has 0 aliphatic carbocycles. The van der Waals surface area contributed by atoms with E-state index in [0.717, 1.165) is 32.1 Å². The van der Waals surface area contributed by atoms with E-state index in [0.29, 0.717) is 17.9 Å². The number of carbonyl (C=O) groups is 1. The second-order valence-corrected chi connectivity index (χ2v) is 9.43. The molecule has 1 aromatic carbocycles. The van der Waals surface area contributed by atoms with E-state index in [2.05, 4.69) is 15.1 Å². The Bertz CT molecular complexity index is 912. The summed E-state index contributed by atoms with van der Waals surface area (Å²) in [7, 11) is 0. The SMILES string of the molecule is O=C(NCCCN1CCC(N2CCCCC2)CC1)c1ccc(-c2ccc(CC(F)(F)F)cc2)o1. The molecule has 34 heavy (non-hydrogen) atoms. The van der Waals surface area contributed by atoms with Crippen LogP contribution < -0.4 is 5.32 Å². The van der Waals surface area contributed by atoms with Gasteiger partial charge in [-0.3, -0.25) is 4.79 Å². The fourth-order valence-corrected chi connectivity index (χ4v) is 5.02. The Labute approximate surface area is 199 Å². The van der Waals surface area contributed by atoms with Crippen LogP contribution in [0, 0.1) is 0 Å². The van der Waals surface area contributed by atoms with Gasteiger partial charge in [0, 0.05) is 18.2 Å².